The molecule has 0 aromatic heterocycles. The van der Waals surface area contributed by atoms with E-state index in [1.165, 1.54) is 64.2 Å². The smallest absolute Gasteiger partial charge is 0.0159 e. The Labute approximate surface area is 107 Å². The van der Waals surface area contributed by atoms with E-state index in [9.17, 15) is 0 Å². The Morgan fingerprint density at radius 1 is 1.12 bits per heavy atom. The highest BCUT2D eigenvalue weighted by Crippen LogP contribution is 2.44. The Kier molecular flexibility index (Phi) is 5.35. The van der Waals surface area contributed by atoms with Crippen molar-refractivity contribution >= 4 is 0 Å². The second kappa shape index (κ2) is 7.03. The summed E-state index contributed by atoms with van der Waals surface area (Å²) in [5, 5.41) is 0. The van der Waals surface area contributed by atoms with Crippen molar-refractivity contribution in [2.75, 3.05) is 0 Å². The summed E-state index contributed by atoms with van der Waals surface area (Å²) in [5.74, 6) is 1.87. The lowest BCUT2D eigenvalue weighted by Crippen LogP contribution is -1.93. The van der Waals surface area contributed by atoms with Crippen LogP contribution in [-0.4, -0.2) is 0 Å². The first kappa shape index (κ1) is 12.9. The molecule has 17 heavy (non-hydrogen) atoms. The molecule has 0 saturated heterocycles. The fourth-order valence-corrected chi connectivity index (χ4v) is 3.33. The van der Waals surface area contributed by atoms with E-state index in [4.69, 9.17) is 0 Å². The first-order valence-electron chi connectivity index (χ1n) is 7.78. The molecule has 0 heterocycles. The summed E-state index contributed by atoms with van der Waals surface area (Å²) >= 11 is 0. The van der Waals surface area contributed by atoms with E-state index >= 15 is 0 Å². The van der Waals surface area contributed by atoms with Crippen LogP contribution in [0.1, 0.15) is 71.1 Å². The van der Waals surface area contributed by atoms with Gasteiger partial charge in [0, 0.05) is 0 Å². The van der Waals surface area contributed by atoms with Gasteiger partial charge in [-0.3, -0.25) is 0 Å². The zero-order valence-electron chi connectivity index (χ0n) is 11.5. The van der Waals surface area contributed by atoms with Gasteiger partial charge in [0.1, 0.15) is 0 Å². The molecular formula is C17H28. The maximum absolute atomic E-state index is 2.53. The van der Waals surface area contributed by atoms with Crippen LogP contribution in [0.2, 0.25) is 0 Å². The monoisotopic (exact) mass is 232 g/mol. The fourth-order valence-electron chi connectivity index (χ4n) is 3.33. The summed E-state index contributed by atoms with van der Waals surface area (Å²) < 4.78 is 0. The Balaban J connectivity index is 1.52. The van der Waals surface area contributed by atoms with Crippen molar-refractivity contribution in [3.05, 3.63) is 23.8 Å². The van der Waals surface area contributed by atoms with Crippen molar-refractivity contribution in [3.8, 4) is 0 Å². The van der Waals surface area contributed by atoms with Crippen LogP contribution in [0.4, 0.5) is 0 Å². The van der Waals surface area contributed by atoms with Gasteiger partial charge in [0.25, 0.3) is 0 Å². The average molecular weight is 232 g/mol. The van der Waals surface area contributed by atoms with Gasteiger partial charge >= 0.3 is 0 Å². The van der Waals surface area contributed by atoms with Crippen molar-refractivity contribution in [2.24, 2.45) is 11.8 Å². The van der Waals surface area contributed by atoms with Crippen LogP contribution in [-0.2, 0) is 0 Å². The number of unbranched alkanes of at least 4 members (excludes halogenated alkanes) is 6. The Morgan fingerprint density at radius 3 is 2.65 bits per heavy atom. The molecule has 96 valence electrons. The highest BCUT2D eigenvalue weighted by atomic mass is 14.4. The number of allylic oxidation sites excluding steroid dienone is 4. The summed E-state index contributed by atoms with van der Waals surface area (Å²) in [5.41, 5.74) is 1.66. The standard InChI is InChI=1S/C17H28/c1-2-3-4-5-6-7-8-9-10-16-13-15-11-12-17(16)14-15/h9-10,13,15,17H,2-8,11-12,14H2,1H3. The van der Waals surface area contributed by atoms with Crippen LogP contribution >= 0.6 is 0 Å². The minimum absolute atomic E-state index is 0.931. The predicted octanol–water partition coefficient (Wildman–Crippen LogP) is 5.65. The molecule has 0 nitrogen and oxygen atoms in total. The predicted molar refractivity (Wildman–Crippen MR) is 76.0 cm³/mol. The molecule has 1 fully saturated rings. The second-order valence-electron chi connectivity index (χ2n) is 5.90. The zero-order valence-corrected chi connectivity index (χ0v) is 11.5. The molecule has 0 radical (unpaired) electrons. The van der Waals surface area contributed by atoms with E-state index in [1.54, 1.807) is 5.57 Å². The van der Waals surface area contributed by atoms with E-state index in [2.05, 4.69) is 25.2 Å². The molecule has 0 aliphatic heterocycles. The van der Waals surface area contributed by atoms with Crippen molar-refractivity contribution in [1.29, 1.82) is 0 Å². The van der Waals surface area contributed by atoms with Gasteiger partial charge in [0.2, 0.25) is 0 Å². The lowest BCUT2D eigenvalue weighted by atomic mass is 9.98. The lowest BCUT2D eigenvalue weighted by Gasteiger charge is -2.08. The zero-order chi connectivity index (χ0) is 11.9. The normalized spacial score (nSPS) is 27.0. The molecule has 2 aliphatic rings. The van der Waals surface area contributed by atoms with Gasteiger partial charge in [-0.15, -0.1) is 0 Å². The molecule has 0 heteroatoms. The van der Waals surface area contributed by atoms with E-state index in [-0.39, 0.29) is 0 Å². The van der Waals surface area contributed by atoms with Crippen LogP contribution in [0.15, 0.2) is 23.8 Å². The number of hydrogen-bond donors (Lipinski definition) is 0. The average Bonchev–Trinajstić information content (AvgIpc) is 2.94. The summed E-state index contributed by atoms with van der Waals surface area (Å²) in [6, 6.07) is 0. The van der Waals surface area contributed by atoms with E-state index in [1.807, 2.05) is 0 Å². The topological polar surface area (TPSA) is 0 Å². The molecule has 0 spiro atoms. The van der Waals surface area contributed by atoms with Crippen LogP contribution < -0.4 is 0 Å². The van der Waals surface area contributed by atoms with Gasteiger partial charge in [0.15, 0.2) is 0 Å². The second-order valence-corrected chi connectivity index (χ2v) is 5.90. The number of fused-ring (bicyclic) bond motifs is 2. The maximum Gasteiger partial charge on any atom is -0.0159 e. The van der Waals surface area contributed by atoms with Gasteiger partial charge in [-0.25, -0.2) is 0 Å². The minimum Gasteiger partial charge on any atom is -0.0843 e. The van der Waals surface area contributed by atoms with Crippen molar-refractivity contribution in [3.63, 3.8) is 0 Å². The maximum atomic E-state index is 2.53. The molecule has 0 aromatic carbocycles. The molecule has 0 amide bonds. The summed E-state index contributed by atoms with van der Waals surface area (Å²) in [4.78, 5) is 0. The van der Waals surface area contributed by atoms with Crippen LogP contribution in [0.3, 0.4) is 0 Å². The first-order chi connectivity index (χ1) is 8.40. The molecule has 2 aliphatic carbocycles. The van der Waals surface area contributed by atoms with Crippen LogP contribution in [0, 0.1) is 11.8 Å². The molecule has 2 bridgehead atoms. The Hall–Kier alpha value is -0.520. The van der Waals surface area contributed by atoms with Crippen molar-refractivity contribution in [1.82, 2.24) is 0 Å². The van der Waals surface area contributed by atoms with Crippen LogP contribution in [0.5, 0.6) is 0 Å². The highest BCUT2D eigenvalue weighted by molar-refractivity contribution is 5.29. The SMILES string of the molecule is CCCCCCCCC=CC1=CC2CCC1C2. The number of rotatable bonds is 8. The van der Waals surface area contributed by atoms with E-state index in [0.29, 0.717) is 0 Å². The van der Waals surface area contributed by atoms with E-state index < -0.39 is 0 Å². The summed E-state index contributed by atoms with van der Waals surface area (Å²) in [7, 11) is 0. The quantitative estimate of drug-likeness (QED) is 0.474. The van der Waals surface area contributed by atoms with Gasteiger partial charge in [-0.05, 0) is 49.5 Å². The third kappa shape index (κ3) is 4.01. The lowest BCUT2D eigenvalue weighted by molar-refractivity contribution is 0.611. The van der Waals surface area contributed by atoms with Gasteiger partial charge < -0.3 is 0 Å². The molecule has 1 saturated carbocycles. The molecule has 0 aromatic rings. The van der Waals surface area contributed by atoms with Crippen molar-refractivity contribution < 1.29 is 0 Å². The molecule has 2 atom stereocenters. The molecular weight excluding hydrogens is 204 g/mol. The summed E-state index contributed by atoms with van der Waals surface area (Å²) in [6.07, 6.45) is 21.5. The summed E-state index contributed by atoms with van der Waals surface area (Å²) in [6.45, 7) is 2.28. The minimum atomic E-state index is 0.931. The molecule has 0 N–H and O–H groups in total. The van der Waals surface area contributed by atoms with Gasteiger partial charge in [-0.2, -0.15) is 0 Å². The third-order valence-electron chi connectivity index (χ3n) is 4.41. The van der Waals surface area contributed by atoms with E-state index in [0.717, 1.165) is 11.8 Å². The number of hydrogen-bond acceptors (Lipinski definition) is 0. The van der Waals surface area contributed by atoms with Crippen molar-refractivity contribution in [2.45, 2.75) is 71.1 Å². The highest BCUT2D eigenvalue weighted by Gasteiger charge is 2.30. The van der Waals surface area contributed by atoms with Gasteiger partial charge in [-0.1, -0.05) is 57.3 Å². The Bertz CT molecular complexity index is 272. The molecule has 2 unspecified atom stereocenters. The van der Waals surface area contributed by atoms with Gasteiger partial charge in [0.05, 0.1) is 0 Å². The first-order valence-corrected chi connectivity index (χ1v) is 7.78. The third-order valence-corrected chi connectivity index (χ3v) is 4.41. The molecule has 2 rings (SSSR count). The fraction of sp³-hybridized carbons (Fsp3) is 0.765. The largest absolute Gasteiger partial charge is 0.0843 e. The Morgan fingerprint density at radius 2 is 1.94 bits per heavy atom. The van der Waals surface area contributed by atoms with Crippen LogP contribution in [0.25, 0.3) is 0 Å².